The maximum absolute atomic E-state index is 4.54. The minimum atomic E-state index is 0.601. The van der Waals surface area contributed by atoms with E-state index in [-0.39, 0.29) is 0 Å². The summed E-state index contributed by atoms with van der Waals surface area (Å²) in [7, 11) is 2.25. The van der Waals surface area contributed by atoms with Gasteiger partial charge in [0.25, 0.3) is 0 Å². The molecule has 5 heteroatoms. The normalized spacial score (nSPS) is 30.9. The molecule has 0 radical (unpaired) electrons. The highest BCUT2D eigenvalue weighted by molar-refractivity contribution is 5.30. The molecule has 2 atom stereocenters. The van der Waals surface area contributed by atoms with Crippen molar-refractivity contribution in [1.29, 1.82) is 0 Å². The van der Waals surface area contributed by atoms with Gasteiger partial charge in [-0.15, -0.1) is 0 Å². The van der Waals surface area contributed by atoms with Gasteiger partial charge in [0, 0.05) is 44.6 Å². The second-order valence-electron chi connectivity index (χ2n) is 6.94. The molecule has 1 saturated carbocycles. The lowest BCUT2D eigenvalue weighted by Gasteiger charge is -2.37. The van der Waals surface area contributed by atoms with Gasteiger partial charge >= 0.3 is 0 Å². The monoisotopic (exact) mass is 287 g/mol. The number of hydrogen-bond acceptors (Lipinski definition) is 5. The maximum Gasteiger partial charge on any atom is 0.240 e. The number of rotatable bonds is 3. The molecule has 1 aromatic heterocycles. The summed E-state index contributed by atoms with van der Waals surface area (Å²) in [5, 5.41) is 4.99. The zero-order valence-corrected chi connectivity index (χ0v) is 12.9. The first-order chi connectivity index (χ1) is 10.3. The molecule has 3 fully saturated rings. The van der Waals surface area contributed by atoms with Crippen LogP contribution < -0.4 is 5.01 Å². The van der Waals surface area contributed by atoms with E-state index in [0.717, 1.165) is 17.8 Å². The average molecular weight is 287 g/mol. The van der Waals surface area contributed by atoms with Crippen LogP contribution in [-0.4, -0.2) is 59.1 Å². The summed E-state index contributed by atoms with van der Waals surface area (Å²) < 4.78 is 0. The van der Waals surface area contributed by atoms with Crippen LogP contribution >= 0.6 is 0 Å². The number of nitrogens with zero attached hydrogens (tertiary/aromatic N) is 5. The third-order valence-corrected chi connectivity index (χ3v) is 5.38. The molecule has 0 N–H and O–H groups in total. The smallest absolute Gasteiger partial charge is 0.240 e. The van der Waals surface area contributed by atoms with Crippen molar-refractivity contribution in [2.45, 2.75) is 31.7 Å². The van der Waals surface area contributed by atoms with Crippen molar-refractivity contribution in [3.63, 3.8) is 0 Å². The second kappa shape index (κ2) is 5.54. The van der Waals surface area contributed by atoms with Gasteiger partial charge < -0.3 is 4.90 Å². The van der Waals surface area contributed by atoms with E-state index < -0.39 is 0 Å². The standard InChI is InChI=1S/C16H25N5/c1-19-9-13-11-20(12-14(13)10-19)21(15-5-2-3-6-15)16-17-7-4-8-18-16/h4,7-8,13-15H,2-3,5-6,9-12H2,1H3. The largest absolute Gasteiger partial charge is 0.306 e. The Bertz CT molecular complexity index is 459. The van der Waals surface area contributed by atoms with Crippen molar-refractivity contribution in [3.05, 3.63) is 18.5 Å². The summed E-state index contributed by atoms with van der Waals surface area (Å²) >= 11 is 0. The highest BCUT2D eigenvalue weighted by Crippen LogP contribution is 2.35. The van der Waals surface area contributed by atoms with E-state index in [1.54, 1.807) is 0 Å². The predicted molar refractivity (Wildman–Crippen MR) is 82.8 cm³/mol. The summed E-state index contributed by atoms with van der Waals surface area (Å²) in [6.45, 7) is 4.83. The van der Waals surface area contributed by atoms with Crippen LogP contribution in [-0.2, 0) is 0 Å². The highest BCUT2D eigenvalue weighted by atomic mass is 15.7. The van der Waals surface area contributed by atoms with Crippen molar-refractivity contribution < 1.29 is 0 Å². The van der Waals surface area contributed by atoms with Crippen LogP contribution in [0, 0.1) is 11.8 Å². The number of likely N-dealkylation sites (tertiary alicyclic amines) is 1. The van der Waals surface area contributed by atoms with Gasteiger partial charge in [0.2, 0.25) is 5.95 Å². The number of hydrogen-bond donors (Lipinski definition) is 0. The van der Waals surface area contributed by atoms with Crippen molar-refractivity contribution in [2.24, 2.45) is 11.8 Å². The summed E-state index contributed by atoms with van der Waals surface area (Å²) in [5.74, 6) is 2.54. The van der Waals surface area contributed by atoms with Crippen molar-refractivity contribution >= 4 is 5.95 Å². The Balaban J connectivity index is 1.56. The SMILES string of the molecule is CN1CC2CN(N(c3ncccn3)C3CCCC3)CC2C1. The van der Waals surface area contributed by atoms with Gasteiger partial charge in [-0.2, -0.15) is 0 Å². The summed E-state index contributed by atoms with van der Waals surface area (Å²) in [4.78, 5) is 11.6. The van der Waals surface area contributed by atoms with Crippen LogP contribution in [0.3, 0.4) is 0 Å². The first-order valence-electron chi connectivity index (χ1n) is 8.31. The number of hydrazine groups is 1. The van der Waals surface area contributed by atoms with Crippen LogP contribution in [0.25, 0.3) is 0 Å². The van der Waals surface area contributed by atoms with Crippen LogP contribution in [0.5, 0.6) is 0 Å². The fourth-order valence-electron chi connectivity index (χ4n) is 4.46. The Labute approximate surface area is 126 Å². The lowest BCUT2D eigenvalue weighted by molar-refractivity contribution is 0.230. The molecule has 3 aliphatic rings. The molecule has 1 aromatic rings. The number of aromatic nitrogens is 2. The predicted octanol–water partition coefficient (Wildman–Crippen LogP) is 1.63. The van der Waals surface area contributed by atoms with Gasteiger partial charge in [0.1, 0.15) is 0 Å². The highest BCUT2D eigenvalue weighted by Gasteiger charge is 2.42. The van der Waals surface area contributed by atoms with Gasteiger partial charge in [-0.1, -0.05) is 12.8 Å². The molecule has 2 unspecified atom stereocenters. The molecule has 114 valence electrons. The molecule has 1 aliphatic carbocycles. The zero-order chi connectivity index (χ0) is 14.2. The first-order valence-corrected chi connectivity index (χ1v) is 8.31. The Morgan fingerprint density at radius 1 is 1.00 bits per heavy atom. The number of anilines is 1. The molecular weight excluding hydrogens is 262 g/mol. The third kappa shape index (κ3) is 2.53. The topological polar surface area (TPSA) is 35.5 Å². The fourth-order valence-corrected chi connectivity index (χ4v) is 4.46. The molecule has 2 aliphatic heterocycles. The minimum absolute atomic E-state index is 0.601. The molecule has 21 heavy (non-hydrogen) atoms. The van der Waals surface area contributed by atoms with Crippen molar-refractivity contribution in [1.82, 2.24) is 19.9 Å². The molecule has 0 bridgehead atoms. The lowest BCUT2D eigenvalue weighted by atomic mass is 10.0. The van der Waals surface area contributed by atoms with E-state index in [1.807, 2.05) is 18.5 Å². The lowest BCUT2D eigenvalue weighted by Crippen LogP contribution is -2.49. The third-order valence-electron chi connectivity index (χ3n) is 5.38. The quantitative estimate of drug-likeness (QED) is 0.844. The Hall–Kier alpha value is -1.20. The molecule has 5 nitrogen and oxygen atoms in total. The van der Waals surface area contributed by atoms with Gasteiger partial charge in [0.05, 0.1) is 0 Å². The van der Waals surface area contributed by atoms with E-state index in [1.165, 1.54) is 51.9 Å². The van der Waals surface area contributed by atoms with E-state index in [9.17, 15) is 0 Å². The van der Waals surface area contributed by atoms with Crippen LogP contribution in [0.1, 0.15) is 25.7 Å². The van der Waals surface area contributed by atoms with Gasteiger partial charge in [-0.3, -0.25) is 5.01 Å². The molecule has 4 rings (SSSR count). The van der Waals surface area contributed by atoms with E-state index in [0.29, 0.717) is 6.04 Å². The van der Waals surface area contributed by atoms with Crippen molar-refractivity contribution in [3.8, 4) is 0 Å². The molecule has 0 aromatic carbocycles. The van der Waals surface area contributed by atoms with E-state index in [2.05, 4.69) is 31.9 Å². The Morgan fingerprint density at radius 3 is 2.24 bits per heavy atom. The maximum atomic E-state index is 4.54. The molecule has 0 spiro atoms. The van der Waals surface area contributed by atoms with Crippen LogP contribution in [0.4, 0.5) is 5.95 Å². The second-order valence-corrected chi connectivity index (χ2v) is 6.94. The first kappa shape index (κ1) is 13.5. The summed E-state index contributed by atoms with van der Waals surface area (Å²) in [5.41, 5.74) is 0. The molecule has 3 heterocycles. The minimum Gasteiger partial charge on any atom is -0.306 e. The van der Waals surface area contributed by atoms with Crippen LogP contribution in [0.15, 0.2) is 18.5 Å². The Morgan fingerprint density at radius 2 is 1.62 bits per heavy atom. The van der Waals surface area contributed by atoms with Crippen molar-refractivity contribution in [2.75, 3.05) is 38.2 Å². The number of fused-ring (bicyclic) bond motifs is 1. The van der Waals surface area contributed by atoms with Gasteiger partial charge in [-0.25, -0.2) is 15.0 Å². The van der Waals surface area contributed by atoms with E-state index in [4.69, 9.17) is 0 Å². The molecule has 2 saturated heterocycles. The zero-order valence-electron chi connectivity index (χ0n) is 12.9. The molecule has 0 amide bonds. The summed E-state index contributed by atoms with van der Waals surface area (Å²) in [6.07, 6.45) is 8.99. The molecular formula is C16H25N5. The fraction of sp³-hybridized carbons (Fsp3) is 0.750. The van der Waals surface area contributed by atoms with Crippen LogP contribution in [0.2, 0.25) is 0 Å². The average Bonchev–Trinajstić information content (AvgIpc) is 3.17. The van der Waals surface area contributed by atoms with Gasteiger partial charge in [0.15, 0.2) is 0 Å². The summed E-state index contributed by atoms with van der Waals surface area (Å²) in [6, 6.07) is 2.51. The Kier molecular flexibility index (Phi) is 3.55. The van der Waals surface area contributed by atoms with E-state index >= 15 is 0 Å². The van der Waals surface area contributed by atoms with Gasteiger partial charge in [-0.05, 0) is 37.8 Å².